The van der Waals surface area contributed by atoms with Gasteiger partial charge in [-0.15, -0.1) is 0 Å². The lowest BCUT2D eigenvalue weighted by Gasteiger charge is -2.42. The summed E-state index contributed by atoms with van der Waals surface area (Å²) in [5.41, 5.74) is 0. The summed E-state index contributed by atoms with van der Waals surface area (Å²) in [4.78, 5) is 22.3. The third-order valence-corrected chi connectivity index (χ3v) is 4.40. The Morgan fingerprint density at radius 2 is 2.23 bits per heavy atom. The van der Waals surface area contributed by atoms with Gasteiger partial charge < -0.3 is 35.4 Å². The molecule has 0 aromatic heterocycles. The molecule has 2 saturated heterocycles. The van der Waals surface area contributed by atoms with Crippen molar-refractivity contribution in [1.82, 2.24) is 10.6 Å². The molecule has 2 fully saturated rings. The van der Waals surface area contributed by atoms with E-state index in [9.17, 15) is 24.9 Å². The average molecular weight is 336 g/mol. The minimum atomic E-state index is -1.34. The summed E-state index contributed by atoms with van der Waals surface area (Å²) in [6, 6.07) is -1.17. The average Bonchev–Trinajstić information content (AvgIpc) is 2.88. The first-order valence-corrected chi connectivity index (χ1v) is 7.85. The van der Waals surface area contributed by atoms with Crippen LogP contribution in [0.4, 0.5) is 4.79 Å². The summed E-state index contributed by atoms with van der Waals surface area (Å²) in [6.07, 6.45) is -4.74. The van der Waals surface area contributed by atoms with Gasteiger partial charge in [-0.2, -0.15) is 0 Å². The van der Waals surface area contributed by atoms with Crippen molar-refractivity contribution in [2.75, 3.05) is 19.0 Å². The molecule has 6 atom stereocenters. The Bertz CT molecular complexity index is 424. The smallest absolute Gasteiger partial charge is 0.279 e. The predicted molar refractivity (Wildman–Crippen MR) is 76.1 cm³/mol. The van der Waals surface area contributed by atoms with Gasteiger partial charge >= 0.3 is 0 Å². The Morgan fingerprint density at radius 3 is 2.77 bits per heavy atom. The number of hydrogen-bond donors (Lipinski definition) is 5. The fourth-order valence-corrected chi connectivity index (χ4v) is 3.12. The van der Waals surface area contributed by atoms with Crippen molar-refractivity contribution in [3.63, 3.8) is 0 Å². The third-order valence-electron chi connectivity index (χ3n) is 3.45. The Labute approximate surface area is 131 Å². The van der Waals surface area contributed by atoms with Crippen molar-refractivity contribution in [2.24, 2.45) is 0 Å². The highest BCUT2D eigenvalue weighted by Gasteiger charge is 2.45. The Hall–Kier alpha value is -0.910. The van der Waals surface area contributed by atoms with Crippen LogP contribution in [0.5, 0.6) is 0 Å². The zero-order valence-corrected chi connectivity index (χ0v) is 12.8. The van der Waals surface area contributed by atoms with Crippen molar-refractivity contribution in [1.29, 1.82) is 0 Å². The Kier molecular flexibility index (Phi) is 6.01. The molecule has 126 valence electrons. The van der Waals surface area contributed by atoms with Crippen LogP contribution in [-0.2, 0) is 14.3 Å². The molecule has 0 radical (unpaired) electrons. The summed E-state index contributed by atoms with van der Waals surface area (Å²) < 4.78 is 10.9. The highest BCUT2D eigenvalue weighted by Crippen LogP contribution is 2.23. The lowest BCUT2D eigenvalue weighted by atomic mass is 9.97. The highest BCUT2D eigenvalue weighted by atomic mass is 32.2. The second-order valence-corrected chi connectivity index (χ2v) is 6.20. The Morgan fingerprint density at radius 1 is 1.50 bits per heavy atom. The molecular weight excluding hydrogens is 316 g/mol. The van der Waals surface area contributed by atoms with Crippen LogP contribution < -0.4 is 10.6 Å². The number of thioether (sulfide) groups is 1. The molecule has 0 aromatic carbocycles. The molecule has 9 nitrogen and oxygen atoms in total. The first-order valence-electron chi connectivity index (χ1n) is 6.86. The predicted octanol–water partition coefficient (Wildman–Crippen LogP) is -2.23. The number of aliphatic hydroxyl groups is 3. The van der Waals surface area contributed by atoms with Gasteiger partial charge in [0.1, 0.15) is 24.4 Å². The number of carbonyl (C=O) groups is 2. The summed E-state index contributed by atoms with van der Waals surface area (Å²) in [5.74, 6) is 0.131. The Balaban J connectivity index is 1.99. The van der Waals surface area contributed by atoms with Crippen LogP contribution in [0.1, 0.15) is 6.92 Å². The summed E-state index contributed by atoms with van der Waals surface area (Å²) >= 11 is 1.14. The fraction of sp³-hybridized carbons (Fsp3) is 0.833. The molecule has 0 bridgehead atoms. The molecule has 0 saturated carbocycles. The van der Waals surface area contributed by atoms with Gasteiger partial charge in [0.15, 0.2) is 6.29 Å². The summed E-state index contributed by atoms with van der Waals surface area (Å²) in [6.45, 7) is 0.892. The van der Waals surface area contributed by atoms with Crippen LogP contribution in [0.2, 0.25) is 0 Å². The zero-order chi connectivity index (χ0) is 16.3. The van der Waals surface area contributed by atoms with E-state index in [0.717, 1.165) is 11.8 Å². The largest absolute Gasteiger partial charge is 0.394 e. The fourth-order valence-electron chi connectivity index (χ4n) is 2.34. The van der Waals surface area contributed by atoms with Crippen LogP contribution in [0.3, 0.4) is 0 Å². The number of hydrogen-bond acceptors (Lipinski definition) is 8. The monoisotopic (exact) mass is 336 g/mol. The van der Waals surface area contributed by atoms with Crippen molar-refractivity contribution in [3.8, 4) is 0 Å². The van der Waals surface area contributed by atoms with E-state index < -0.39 is 43.2 Å². The standard InChI is InChI=1S/C12H20N2O7S/c1-5(16)13-8-10(18)9(17)7(2-15)21-11(8)20-3-6-4-22-12(19)14-6/h6-11,15,17-18H,2-4H2,1H3,(H,13,16)(H,14,19)/t6-,7+,8+,9+,10+,11+/m0/s1. The first-order chi connectivity index (χ1) is 10.4. The molecular formula is C12H20N2O7S. The molecule has 10 heteroatoms. The van der Waals surface area contributed by atoms with Crippen LogP contribution in [0.15, 0.2) is 0 Å². The second-order valence-electron chi connectivity index (χ2n) is 5.21. The molecule has 0 unspecified atom stereocenters. The van der Waals surface area contributed by atoms with E-state index >= 15 is 0 Å². The lowest BCUT2D eigenvalue weighted by Crippen LogP contribution is -2.64. The molecule has 0 aromatic rings. The van der Waals surface area contributed by atoms with E-state index in [0.29, 0.717) is 5.75 Å². The van der Waals surface area contributed by atoms with Gasteiger partial charge in [-0.25, -0.2) is 0 Å². The molecule has 2 aliphatic heterocycles. The zero-order valence-electron chi connectivity index (χ0n) is 12.0. The van der Waals surface area contributed by atoms with E-state index in [2.05, 4.69) is 10.6 Å². The maximum absolute atomic E-state index is 11.2. The maximum atomic E-state index is 11.2. The van der Waals surface area contributed by atoms with E-state index in [1.165, 1.54) is 6.92 Å². The van der Waals surface area contributed by atoms with Crippen LogP contribution in [0.25, 0.3) is 0 Å². The molecule has 2 heterocycles. The van der Waals surface area contributed by atoms with Crippen molar-refractivity contribution >= 4 is 22.9 Å². The van der Waals surface area contributed by atoms with Crippen molar-refractivity contribution in [3.05, 3.63) is 0 Å². The maximum Gasteiger partial charge on any atom is 0.279 e. The van der Waals surface area contributed by atoms with Crippen LogP contribution in [0, 0.1) is 0 Å². The number of aliphatic hydroxyl groups excluding tert-OH is 3. The molecule has 5 N–H and O–H groups in total. The lowest BCUT2D eigenvalue weighted by molar-refractivity contribution is -0.270. The van der Waals surface area contributed by atoms with E-state index in [-0.39, 0.29) is 17.9 Å². The number of rotatable bonds is 5. The normalized spacial score (nSPS) is 38.6. The summed E-state index contributed by atoms with van der Waals surface area (Å²) in [5, 5.41) is 34.1. The summed E-state index contributed by atoms with van der Waals surface area (Å²) in [7, 11) is 0. The third kappa shape index (κ3) is 4.09. The number of nitrogens with one attached hydrogen (secondary N) is 2. The number of carbonyl (C=O) groups excluding carboxylic acids is 2. The SMILES string of the molecule is CC(=O)N[C@H]1[C@H](OC[C@H]2CSC(=O)N2)O[C@H](CO)[C@@H](O)[C@@H]1O. The molecule has 2 rings (SSSR count). The van der Waals surface area contributed by atoms with Gasteiger partial charge in [0.25, 0.3) is 5.24 Å². The molecule has 0 aliphatic carbocycles. The first kappa shape index (κ1) is 17.4. The van der Waals surface area contributed by atoms with Gasteiger partial charge in [0.2, 0.25) is 5.91 Å². The van der Waals surface area contributed by atoms with Gasteiger partial charge in [-0.05, 0) is 0 Å². The van der Waals surface area contributed by atoms with Gasteiger partial charge in [0.05, 0.1) is 19.3 Å². The van der Waals surface area contributed by atoms with E-state index in [1.807, 2.05) is 0 Å². The topological polar surface area (TPSA) is 137 Å². The van der Waals surface area contributed by atoms with E-state index in [4.69, 9.17) is 9.47 Å². The van der Waals surface area contributed by atoms with Gasteiger partial charge in [-0.1, -0.05) is 11.8 Å². The molecule has 2 aliphatic rings. The van der Waals surface area contributed by atoms with E-state index in [1.54, 1.807) is 0 Å². The van der Waals surface area contributed by atoms with Crippen molar-refractivity contribution in [2.45, 2.75) is 43.6 Å². The van der Waals surface area contributed by atoms with Gasteiger partial charge in [-0.3, -0.25) is 9.59 Å². The minimum absolute atomic E-state index is 0.125. The second kappa shape index (κ2) is 7.57. The number of ether oxygens (including phenoxy) is 2. The minimum Gasteiger partial charge on any atom is -0.394 e. The molecule has 22 heavy (non-hydrogen) atoms. The molecule has 2 amide bonds. The van der Waals surface area contributed by atoms with Crippen LogP contribution in [-0.4, -0.2) is 82.1 Å². The van der Waals surface area contributed by atoms with Gasteiger partial charge in [0, 0.05) is 12.7 Å². The van der Waals surface area contributed by atoms with Crippen molar-refractivity contribution < 1.29 is 34.4 Å². The molecule has 0 spiro atoms. The highest BCUT2D eigenvalue weighted by molar-refractivity contribution is 8.13. The van der Waals surface area contributed by atoms with Crippen LogP contribution >= 0.6 is 11.8 Å². The quantitative estimate of drug-likeness (QED) is 0.380. The number of amides is 2.